The second kappa shape index (κ2) is 12.2. The molecule has 3 aromatic carbocycles. The fourth-order valence-corrected chi connectivity index (χ4v) is 5.53. The number of likely N-dealkylation sites (N-methyl/N-ethyl adjacent to an activating group) is 1. The van der Waals surface area contributed by atoms with E-state index in [0.717, 1.165) is 54.4 Å². The van der Waals surface area contributed by atoms with E-state index in [-0.39, 0.29) is 17.2 Å². The molecule has 0 unspecified atom stereocenters. The van der Waals surface area contributed by atoms with Crippen LogP contribution in [0.3, 0.4) is 0 Å². The summed E-state index contributed by atoms with van der Waals surface area (Å²) >= 11 is 0. The number of piperazine rings is 1. The molecule has 1 aliphatic rings. The number of amides is 2. The lowest BCUT2D eigenvalue weighted by Gasteiger charge is -2.32. The molecule has 0 spiro atoms. The Morgan fingerprint density at radius 2 is 1.56 bits per heavy atom. The Bertz CT molecular complexity index is 1850. The second-order valence-electron chi connectivity index (χ2n) is 12.7. The maximum Gasteiger partial charge on any atom is 0.255 e. The smallest absolute Gasteiger partial charge is 0.255 e. The molecule has 5 aromatic rings. The van der Waals surface area contributed by atoms with Gasteiger partial charge in [-0.25, -0.2) is 9.97 Å². The highest BCUT2D eigenvalue weighted by molar-refractivity contribution is 6.05. The first-order chi connectivity index (χ1) is 21.6. The van der Waals surface area contributed by atoms with Gasteiger partial charge < -0.3 is 24.8 Å². The van der Waals surface area contributed by atoms with Crippen molar-refractivity contribution in [3.63, 3.8) is 0 Å². The molecule has 45 heavy (non-hydrogen) atoms. The van der Waals surface area contributed by atoms with E-state index in [4.69, 9.17) is 4.98 Å². The number of hydrogen-bond donors (Lipinski definition) is 2. The van der Waals surface area contributed by atoms with E-state index in [2.05, 4.69) is 48.3 Å². The molecule has 0 bridgehead atoms. The van der Waals surface area contributed by atoms with E-state index < -0.39 is 0 Å². The van der Waals surface area contributed by atoms with Crippen LogP contribution in [-0.2, 0) is 5.41 Å². The zero-order valence-corrected chi connectivity index (χ0v) is 26.5. The summed E-state index contributed by atoms with van der Waals surface area (Å²) < 4.78 is 1.93. The largest absolute Gasteiger partial charge is 0.337 e. The van der Waals surface area contributed by atoms with Gasteiger partial charge in [0.05, 0.1) is 5.69 Å². The summed E-state index contributed by atoms with van der Waals surface area (Å²) in [6, 6.07) is 21.1. The molecule has 2 N–H and O–H groups in total. The molecule has 1 saturated heterocycles. The summed E-state index contributed by atoms with van der Waals surface area (Å²) in [7, 11) is 2.08. The van der Waals surface area contributed by atoms with Gasteiger partial charge >= 0.3 is 0 Å². The van der Waals surface area contributed by atoms with Gasteiger partial charge in [-0.15, -0.1) is 0 Å². The summed E-state index contributed by atoms with van der Waals surface area (Å²) in [6.45, 7) is 11.7. The molecule has 230 valence electrons. The molecule has 1 aliphatic heterocycles. The van der Waals surface area contributed by atoms with Crippen molar-refractivity contribution < 1.29 is 9.59 Å². The maximum absolute atomic E-state index is 13.2. The predicted octanol–water partition coefficient (Wildman–Crippen LogP) is 6.39. The van der Waals surface area contributed by atoms with E-state index in [1.165, 1.54) is 5.56 Å². The van der Waals surface area contributed by atoms with Crippen molar-refractivity contribution in [1.29, 1.82) is 0 Å². The zero-order chi connectivity index (χ0) is 31.7. The number of carbonyl (C=O) groups excluding carboxylic acids is 2. The number of carbonyl (C=O) groups is 2. The van der Waals surface area contributed by atoms with Gasteiger partial charge in [-0.2, -0.15) is 0 Å². The van der Waals surface area contributed by atoms with Crippen LogP contribution in [-0.4, -0.2) is 69.2 Å². The summed E-state index contributed by atoms with van der Waals surface area (Å²) in [6.07, 6.45) is 5.55. The molecule has 6 rings (SSSR count). The molecule has 3 heterocycles. The van der Waals surface area contributed by atoms with Gasteiger partial charge in [0, 0.05) is 72.8 Å². The molecule has 0 saturated carbocycles. The van der Waals surface area contributed by atoms with Crippen molar-refractivity contribution in [2.45, 2.75) is 33.1 Å². The van der Waals surface area contributed by atoms with Crippen molar-refractivity contribution in [2.24, 2.45) is 0 Å². The second-order valence-corrected chi connectivity index (χ2v) is 12.7. The normalized spacial score (nSPS) is 14.0. The number of imidazole rings is 1. The van der Waals surface area contributed by atoms with Gasteiger partial charge in [-0.05, 0) is 73.0 Å². The van der Waals surface area contributed by atoms with Gasteiger partial charge in [-0.3, -0.25) is 9.59 Å². The number of rotatable bonds is 6. The Hall–Kier alpha value is -5.02. The number of nitrogens with zero attached hydrogens (tertiary/aromatic N) is 5. The third kappa shape index (κ3) is 6.44. The third-order valence-corrected chi connectivity index (χ3v) is 8.43. The molecular weight excluding hydrogens is 562 g/mol. The summed E-state index contributed by atoms with van der Waals surface area (Å²) in [5, 5.41) is 6.49. The minimum absolute atomic E-state index is 0.0179. The number of anilines is 3. The van der Waals surface area contributed by atoms with Crippen molar-refractivity contribution in [3.8, 4) is 11.3 Å². The van der Waals surface area contributed by atoms with E-state index in [1.54, 1.807) is 6.20 Å². The van der Waals surface area contributed by atoms with Crippen LogP contribution >= 0.6 is 0 Å². The van der Waals surface area contributed by atoms with Gasteiger partial charge in [0.25, 0.3) is 11.8 Å². The van der Waals surface area contributed by atoms with Crippen LogP contribution in [0.15, 0.2) is 85.3 Å². The van der Waals surface area contributed by atoms with E-state index in [1.807, 2.05) is 95.3 Å². The fourth-order valence-electron chi connectivity index (χ4n) is 5.53. The van der Waals surface area contributed by atoms with E-state index in [0.29, 0.717) is 22.6 Å². The van der Waals surface area contributed by atoms with Crippen LogP contribution in [0.4, 0.5) is 17.2 Å². The molecular formula is C36H39N7O2. The lowest BCUT2D eigenvalue weighted by atomic mass is 9.86. The van der Waals surface area contributed by atoms with Crippen LogP contribution in [0.2, 0.25) is 0 Å². The lowest BCUT2D eigenvalue weighted by Crippen LogP contribution is -2.47. The van der Waals surface area contributed by atoms with Crippen LogP contribution < -0.4 is 10.6 Å². The third-order valence-electron chi connectivity index (χ3n) is 8.43. The summed E-state index contributed by atoms with van der Waals surface area (Å²) in [5.74, 6) is 0.476. The Morgan fingerprint density at radius 1 is 0.867 bits per heavy atom. The quantitative estimate of drug-likeness (QED) is 0.234. The minimum Gasteiger partial charge on any atom is -0.337 e. The first kappa shape index (κ1) is 30.0. The van der Waals surface area contributed by atoms with Crippen LogP contribution in [0.1, 0.15) is 52.6 Å². The molecule has 0 aliphatic carbocycles. The molecule has 9 heteroatoms. The number of aromatic nitrogens is 3. The average molecular weight is 602 g/mol. The molecule has 0 radical (unpaired) electrons. The molecule has 2 amide bonds. The first-order valence-corrected chi connectivity index (χ1v) is 15.3. The highest BCUT2D eigenvalue weighted by Gasteiger charge is 2.21. The number of nitrogens with one attached hydrogen (secondary N) is 2. The average Bonchev–Trinajstić information content (AvgIpc) is 3.51. The summed E-state index contributed by atoms with van der Waals surface area (Å²) in [5.41, 5.74) is 7.19. The Balaban J connectivity index is 1.23. The zero-order valence-electron chi connectivity index (χ0n) is 26.5. The summed E-state index contributed by atoms with van der Waals surface area (Å²) in [4.78, 5) is 39.8. The van der Waals surface area contributed by atoms with Gasteiger partial charge in [0.2, 0.25) is 0 Å². The number of benzene rings is 3. The van der Waals surface area contributed by atoms with Crippen LogP contribution in [0.5, 0.6) is 0 Å². The lowest BCUT2D eigenvalue weighted by molar-refractivity contribution is 0.0664. The maximum atomic E-state index is 13.2. The highest BCUT2D eigenvalue weighted by Crippen LogP contribution is 2.31. The van der Waals surface area contributed by atoms with Crippen molar-refractivity contribution in [1.82, 2.24) is 24.2 Å². The first-order valence-electron chi connectivity index (χ1n) is 15.3. The Kier molecular flexibility index (Phi) is 8.12. The van der Waals surface area contributed by atoms with Crippen molar-refractivity contribution in [2.75, 3.05) is 43.9 Å². The Labute approximate surface area is 263 Å². The minimum atomic E-state index is -0.161. The van der Waals surface area contributed by atoms with Gasteiger partial charge in [0.1, 0.15) is 0 Å². The van der Waals surface area contributed by atoms with Gasteiger partial charge in [0.15, 0.2) is 11.5 Å². The van der Waals surface area contributed by atoms with Crippen molar-refractivity contribution >= 4 is 34.7 Å². The SMILES string of the molecule is Cc1c(NC(=O)c2ccc(C(C)(C)C)cc2)cccc1-c1cn2ccnc2c(Nc2ccc(C(=O)N3CCN(C)CC3)cc2)n1. The topological polar surface area (TPSA) is 94.9 Å². The monoisotopic (exact) mass is 601 g/mol. The highest BCUT2D eigenvalue weighted by atomic mass is 16.2. The molecule has 9 nitrogen and oxygen atoms in total. The van der Waals surface area contributed by atoms with Crippen LogP contribution in [0.25, 0.3) is 16.9 Å². The Morgan fingerprint density at radius 3 is 2.24 bits per heavy atom. The van der Waals surface area contributed by atoms with E-state index >= 15 is 0 Å². The van der Waals surface area contributed by atoms with Crippen LogP contribution in [0, 0.1) is 6.92 Å². The molecule has 1 fully saturated rings. The fraction of sp³-hybridized carbons (Fsp3) is 0.278. The van der Waals surface area contributed by atoms with Crippen molar-refractivity contribution in [3.05, 3.63) is 108 Å². The predicted molar refractivity (Wildman–Crippen MR) is 179 cm³/mol. The number of hydrogen-bond acceptors (Lipinski definition) is 6. The van der Waals surface area contributed by atoms with Gasteiger partial charge in [-0.1, -0.05) is 45.0 Å². The molecule has 2 aromatic heterocycles. The van der Waals surface area contributed by atoms with E-state index in [9.17, 15) is 9.59 Å². The number of fused-ring (bicyclic) bond motifs is 1. The standard InChI is InChI=1S/C36H39N7O2/c1-24-29(7-6-8-30(24)40-34(44)25-9-13-27(14-10-25)36(2,3)4)31-23-43-18-17-37-33(43)32(39-31)38-28-15-11-26(12-16-28)35(45)42-21-19-41(5)20-22-42/h6-18,23H,19-22H2,1-5H3,(H,38,39)(H,40,44). The molecule has 0 atom stereocenters.